The van der Waals surface area contributed by atoms with Crippen LogP contribution in [0.3, 0.4) is 0 Å². The van der Waals surface area contributed by atoms with Crippen LogP contribution in [0, 0.1) is 0 Å². The average molecular weight is 344 g/mol. The smallest absolute Gasteiger partial charge is 0.253 e. The van der Waals surface area contributed by atoms with Crippen LogP contribution in [0.2, 0.25) is 0 Å². The Morgan fingerprint density at radius 3 is 2.72 bits per heavy atom. The standard InChI is InChI=1S/C20H28N2O3/c1-15-9-10-18(25-15)11-12-19(23)21-17-8-5-13-22(14-17)20(24)16-6-3-2-4-7-16/h2-4,6-7,15,17-18H,5,8-14H2,1H3,(H,21,23)/t15-,17+,18+/m1/s1. The zero-order valence-corrected chi connectivity index (χ0v) is 14.9. The Morgan fingerprint density at radius 1 is 1.20 bits per heavy atom. The van der Waals surface area contributed by atoms with Crippen molar-refractivity contribution in [2.45, 2.75) is 63.7 Å². The normalized spacial score (nSPS) is 26.4. The maximum atomic E-state index is 12.6. The van der Waals surface area contributed by atoms with Gasteiger partial charge in [-0.3, -0.25) is 9.59 Å². The number of nitrogens with zero attached hydrogens (tertiary/aromatic N) is 1. The van der Waals surface area contributed by atoms with Crippen molar-refractivity contribution >= 4 is 11.8 Å². The van der Waals surface area contributed by atoms with Gasteiger partial charge in [0.2, 0.25) is 5.91 Å². The van der Waals surface area contributed by atoms with Crippen LogP contribution in [-0.4, -0.2) is 48.1 Å². The molecule has 2 aliphatic rings. The topological polar surface area (TPSA) is 58.6 Å². The number of carbonyl (C=O) groups is 2. The van der Waals surface area contributed by atoms with Gasteiger partial charge in [-0.1, -0.05) is 18.2 Å². The second-order valence-corrected chi connectivity index (χ2v) is 7.21. The van der Waals surface area contributed by atoms with Crippen molar-refractivity contribution in [1.29, 1.82) is 0 Å². The first-order valence-corrected chi connectivity index (χ1v) is 9.41. The van der Waals surface area contributed by atoms with Gasteiger partial charge >= 0.3 is 0 Å². The summed E-state index contributed by atoms with van der Waals surface area (Å²) in [5.74, 6) is 0.120. The van der Waals surface area contributed by atoms with E-state index in [9.17, 15) is 9.59 Å². The number of carbonyl (C=O) groups excluding carboxylic acids is 2. The molecule has 2 aliphatic heterocycles. The summed E-state index contributed by atoms with van der Waals surface area (Å²) in [6.45, 7) is 3.44. The Kier molecular flexibility index (Phi) is 6.08. The van der Waals surface area contributed by atoms with Crippen LogP contribution in [0.25, 0.3) is 0 Å². The number of hydrogen-bond donors (Lipinski definition) is 1. The Labute approximate surface area is 149 Å². The quantitative estimate of drug-likeness (QED) is 0.893. The highest BCUT2D eigenvalue weighted by Gasteiger charge is 2.26. The first-order valence-electron chi connectivity index (χ1n) is 9.41. The first kappa shape index (κ1) is 17.9. The first-order chi connectivity index (χ1) is 12.1. The third-order valence-corrected chi connectivity index (χ3v) is 5.11. The van der Waals surface area contributed by atoms with Crippen LogP contribution in [0.1, 0.15) is 55.8 Å². The number of rotatable bonds is 5. The molecule has 0 bridgehead atoms. The SMILES string of the molecule is C[C@@H]1CC[C@@H](CCC(=O)N[C@H]2CCCN(C(=O)c3ccccc3)C2)O1. The molecule has 0 saturated carbocycles. The number of ether oxygens (including phenoxy) is 1. The molecule has 1 aromatic carbocycles. The minimum atomic E-state index is 0.0490. The summed E-state index contributed by atoms with van der Waals surface area (Å²) in [4.78, 5) is 26.6. The van der Waals surface area contributed by atoms with Gasteiger partial charge in [0.15, 0.2) is 0 Å². The number of benzene rings is 1. The predicted octanol–water partition coefficient (Wildman–Crippen LogP) is 2.76. The maximum absolute atomic E-state index is 12.6. The summed E-state index contributed by atoms with van der Waals surface area (Å²) < 4.78 is 5.77. The van der Waals surface area contributed by atoms with Gasteiger partial charge in [0.25, 0.3) is 5.91 Å². The average Bonchev–Trinajstić information content (AvgIpc) is 3.06. The molecule has 1 aromatic rings. The molecule has 3 rings (SSSR count). The van der Waals surface area contributed by atoms with Crippen molar-refractivity contribution in [2.75, 3.05) is 13.1 Å². The van der Waals surface area contributed by atoms with Crippen LogP contribution in [0.4, 0.5) is 0 Å². The van der Waals surface area contributed by atoms with E-state index in [0.717, 1.165) is 38.6 Å². The second-order valence-electron chi connectivity index (χ2n) is 7.21. The molecule has 0 unspecified atom stereocenters. The lowest BCUT2D eigenvalue weighted by atomic mass is 10.0. The van der Waals surface area contributed by atoms with Gasteiger partial charge in [0.1, 0.15) is 0 Å². The molecule has 0 spiro atoms. The van der Waals surface area contributed by atoms with Gasteiger partial charge < -0.3 is 15.0 Å². The minimum absolute atomic E-state index is 0.0490. The molecular formula is C20H28N2O3. The van der Waals surface area contributed by atoms with Crippen LogP contribution in [0.15, 0.2) is 30.3 Å². The molecule has 0 aliphatic carbocycles. The Balaban J connectivity index is 1.45. The molecule has 25 heavy (non-hydrogen) atoms. The number of hydrogen-bond acceptors (Lipinski definition) is 3. The number of nitrogens with one attached hydrogen (secondary N) is 1. The molecule has 136 valence electrons. The van der Waals surface area contributed by atoms with E-state index in [2.05, 4.69) is 12.2 Å². The van der Waals surface area contributed by atoms with E-state index in [0.29, 0.717) is 24.6 Å². The third kappa shape index (κ3) is 5.05. The van der Waals surface area contributed by atoms with E-state index in [1.807, 2.05) is 35.2 Å². The van der Waals surface area contributed by atoms with Crippen molar-refractivity contribution in [3.63, 3.8) is 0 Å². The molecule has 2 heterocycles. The van der Waals surface area contributed by atoms with E-state index in [4.69, 9.17) is 4.74 Å². The fraction of sp³-hybridized carbons (Fsp3) is 0.600. The molecule has 0 radical (unpaired) electrons. The van der Waals surface area contributed by atoms with Crippen LogP contribution in [0.5, 0.6) is 0 Å². The van der Waals surface area contributed by atoms with Crippen LogP contribution in [-0.2, 0) is 9.53 Å². The van der Waals surface area contributed by atoms with Crippen molar-refractivity contribution < 1.29 is 14.3 Å². The van der Waals surface area contributed by atoms with Crippen molar-refractivity contribution in [3.05, 3.63) is 35.9 Å². The van der Waals surface area contributed by atoms with E-state index >= 15 is 0 Å². The Morgan fingerprint density at radius 2 is 2.00 bits per heavy atom. The lowest BCUT2D eigenvalue weighted by Crippen LogP contribution is -2.49. The fourth-order valence-corrected chi connectivity index (χ4v) is 3.73. The van der Waals surface area contributed by atoms with Gasteiger partial charge in [-0.15, -0.1) is 0 Å². The molecule has 0 aromatic heterocycles. The summed E-state index contributed by atoms with van der Waals surface area (Å²) in [5, 5.41) is 3.10. The summed E-state index contributed by atoms with van der Waals surface area (Å²) in [6, 6.07) is 9.40. The predicted molar refractivity (Wildman–Crippen MR) is 96.3 cm³/mol. The maximum Gasteiger partial charge on any atom is 0.253 e. The molecule has 3 atom stereocenters. The molecule has 2 fully saturated rings. The highest BCUT2D eigenvalue weighted by Crippen LogP contribution is 2.22. The van der Waals surface area contributed by atoms with Crippen LogP contribution < -0.4 is 5.32 Å². The zero-order chi connectivity index (χ0) is 17.6. The Hall–Kier alpha value is -1.88. The number of piperidine rings is 1. The molecule has 2 amide bonds. The molecular weight excluding hydrogens is 316 g/mol. The second kappa shape index (κ2) is 8.48. The molecule has 2 saturated heterocycles. The van der Waals surface area contributed by atoms with Crippen molar-refractivity contribution in [3.8, 4) is 0 Å². The van der Waals surface area contributed by atoms with Gasteiger partial charge in [-0.05, 0) is 51.2 Å². The molecule has 5 heteroatoms. The van der Waals surface area contributed by atoms with E-state index in [-0.39, 0.29) is 24.0 Å². The minimum Gasteiger partial charge on any atom is -0.375 e. The van der Waals surface area contributed by atoms with E-state index in [1.54, 1.807) is 0 Å². The summed E-state index contributed by atoms with van der Waals surface area (Å²) in [6.07, 6.45) is 5.83. The van der Waals surface area contributed by atoms with Gasteiger partial charge in [0, 0.05) is 31.1 Å². The summed E-state index contributed by atoms with van der Waals surface area (Å²) in [7, 11) is 0. The van der Waals surface area contributed by atoms with E-state index < -0.39 is 0 Å². The highest BCUT2D eigenvalue weighted by atomic mass is 16.5. The third-order valence-electron chi connectivity index (χ3n) is 5.11. The lowest BCUT2D eigenvalue weighted by molar-refractivity contribution is -0.122. The van der Waals surface area contributed by atoms with Gasteiger partial charge in [-0.2, -0.15) is 0 Å². The molecule has 5 nitrogen and oxygen atoms in total. The molecule has 1 N–H and O–H groups in total. The lowest BCUT2D eigenvalue weighted by Gasteiger charge is -2.33. The van der Waals surface area contributed by atoms with Crippen molar-refractivity contribution in [2.24, 2.45) is 0 Å². The zero-order valence-electron chi connectivity index (χ0n) is 14.9. The monoisotopic (exact) mass is 344 g/mol. The summed E-state index contributed by atoms with van der Waals surface area (Å²) in [5.41, 5.74) is 0.710. The number of likely N-dealkylation sites (tertiary alicyclic amines) is 1. The van der Waals surface area contributed by atoms with Gasteiger partial charge in [-0.25, -0.2) is 0 Å². The Bertz CT molecular complexity index is 590. The van der Waals surface area contributed by atoms with Crippen molar-refractivity contribution in [1.82, 2.24) is 10.2 Å². The van der Waals surface area contributed by atoms with Gasteiger partial charge in [0.05, 0.1) is 12.2 Å². The largest absolute Gasteiger partial charge is 0.375 e. The van der Waals surface area contributed by atoms with Crippen LogP contribution >= 0.6 is 0 Å². The number of amides is 2. The fourth-order valence-electron chi connectivity index (χ4n) is 3.73. The summed E-state index contributed by atoms with van der Waals surface area (Å²) >= 11 is 0. The van der Waals surface area contributed by atoms with E-state index in [1.165, 1.54) is 0 Å². The highest BCUT2D eigenvalue weighted by molar-refractivity contribution is 5.94.